The molecular formula is C14H17BrN2. The van der Waals surface area contributed by atoms with Crippen LogP contribution in [0.2, 0.25) is 0 Å². The molecule has 17 heavy (non-hydrogen) atoms. The summed E-state index contributed by atoms with van der Waals surface area (Å²) < 4.78 is 3.53. The highest BCUT2D eigenvalue weighted by molar-refractivity contribution is 9.10. The Kier molecular flexibility index (Phi) is 3.21. The van der Waals surface area contributed by atoms with Gasteiger partial charge in [-0.25, -0.2) is 0 Å². The maximum atomic E-state index is 3.59. The van der Waals surface area contributed by atoms with E-state index in [9.17, 15) is 0 Å². The predicted octanol–water partition coefficient (Wildman–Crippen LogP) is 3.55. The Hall–Kier alpha value is -0.800. The molecule has 0 aliphatic heterocycles. The van der Waals surface area contributed by atoms with Crippen molar-refractivity contribution in [1.82, 2.24) is 9.88 Å². The SMILES string of the molecule is Brc1cccc2c1ccn2CCCNC1CC1. The molecule has 2 aromatic rings. The fourth-order valence-electron chi connectivity index (χ4n) is 2.22. The highest BCUT2D eigenvalue weighted by Crippen LogP contribution is 2.24. The summed E-state index contributed by atoms with van der Waals surface area (Å²) >= 11 is 3.59. The van der Waals surface area contributed by atoms with Crippen molar-refractivity contribution in [2.45, 2.75) is 31.8 Å². The van der Waals surface area contributed by atoms with E-state index < -0.39 is 0 Å². The smallest absolute Gasteiger partial charge is 0.0491 e. The second-order valence-electron chi connectivity index (χ2n) is 4.76. The summed E-state index contributed by atoms with van der Waals surface area (Å²) in [7, 11) is 0. The van der Waals surface area contributed by atoms with Gasteiger partial charge in [0.1, 0.15) is 0 Å². The van der Waals surface area contributed by atoms with Crippen LogP contribution in [0.5, 0.6) is 0 Å². The molecule has 0 radical (unpaired) electrons. The van der Waals surface area contributed by atoms with Crippen molar-refractivity contribution in [2.24, 2.45) is 0 Å². The maximum Gasteiger partial charge on any atom is 0.0491 e. The number of rotatable bonds is 5. The lowest BCUT2D eigenvalue weighted by Gasteiger charge is -2.06. The molecule has 3 heteroatoms. The number of nitrogens with one attached hydrogen (secondary N) is 1. The van der Waals surface area contributed by atoms with E-state index >= 15 is 0 Å². The average Bonchev–Trinajstić information content (AvgIpc) is 3.06. The molecule has 1 aliphatic carbocycles. The lowest BCUT2D eigenvalue weighted by Crippen LogP contribution is -2.18. The van der Waals surface area contributed by atoms with Crippen molar-refractivity contribution in [3.05, 3.63) is 34.9 Å². The number of nitrogens with zero attached hydrogens (tertiary/aromatic N) is 1. The number of hydrogen-bond acceptors (Lipinski definition) is 1. The molecule has 1 aliphatic rings. The fraction of sp³-hybridized carbons (Fsp3) is 0.429. The van der Waals surface area contributed by atoms with Crippen molar-refractivity contribution in [1.29, 1.82) is 0 Å². The standard InChI is InChI=1S/C14H17BrN2/c15-13-3-1-4-14-12(13)7-10-17(14)9-2-8-16-11-5-6-11/h1,3-4,7,10-11,16H,2,5-6,8-9H2. The van der Waals surface area contributed by atoms with Crippen LogP contribution in [-0.4, -0.2) is 17.2 Å². The van der Waals surface area contributed by atoms with Gasteiger partial charge in [0.25, 0.3) is 0 Å². The van der Waals surface area contributed by atoms with Crippen LogP contribution >= 0.6 is 15.9 Å². The molecule has 0 spiro atoms. The van der Waals surface area contributed by atoms with Crippen molar-refractivity contribution in [3.8, 4) is 0 Å². The van der Waals surface area contributed by atoms with Gasteiger partial charge in [0.15, 0.2) is 0 Å². The van der Waals surface area contributed by atoms with Gasteiger partial charge in [-0.05, 0) is 44.0 Å². The molecular weight excluding hydrogens is 276 g/mol. The molecule has 1 heterocycles. The lowest BCUT2D eigenvalue weighted by atomic mass is 10.2. The molecule has 1 saturated carbocycles. The van der Waals surface area contributed by atoms with Crippen LogP contribution in [0.1, 0.15) is 19.3 Å². The Balaban J connectivity index is 1.65. The number of benzene rings is 1. The van der Waals surface area contributed by atoms with Gasteiger partial charge in [-0.2, -0.15) is 0 Å². The Bertz CT molecular complexity index is 514. The third-order valence-corrected chi connectivity index (χ3v) is 4.04. The normalized spacial score (nSPS) is 15.6. The summed E-state index contributed by atoms with van der Waals surface area (Å²) in [4.78, 5) is 0. The molecule has 0 bridgehead atoms. The average molecular weight is 293 g/mol. The largest absolute Gasteiger partial charge is 0.347 e. The van der Waals surface area contributed by atoms with Crippen molar-refractivity contribution < 1.29 is 0 Å². The molecule has 1 aromatic heterocycles. The Labute approximate surface area is 110 Å². The number of aromatic nitrogens is 1. The van der Waals surface area contributed by atoms with E-state index in [0.29, 0.717) is 0 Å². The Morgan fingerprint density at radius 2 is 2.18 bits per heavy atom. The topological polar surface area (TPSA) is 17.0 Å². The Morgan fingerprint density at radius 1 is 1.29 bits per heavy atom. The second-order valence-corrected chi connectivity index (χ2v) is 5.62. The molecule has 1 aromatic carbocycles. The highest BCUT2D eigenvalue weighted by Gasteiger charge is 2.19. The van der Waals surface area contributed by atoms with Crippen molar-refractivity contribution in [3.63, 3.8) is 0 Å². The molecule has 1 N–H and O–H groups in total. The van der Waals surface area contributed by atoms with Crippen LogP contribution in [-0.2, 0) is 6.54 Å². The van der Waals surface area contributed by atoms with E-state index in [0.717, 1.165) is 19.1 Å². The zero-order valence-corrected chi connectivity index (χ0v) is 11.4. The van der Waals surface area contributed by atoms with Crippen molar-refractivity contribution >= 4 is 26.8 Å². The molecule has 0 amide bonds. The van der Waals surface area contributed by atoms with Crippen LogP contribution < -0.4 is 5.32 Å². The number of aryl methyl sites for hydroxylation is 1. The summed E-state index contributed by atoms with van der Waals surface area (Å²) in [5.74, 6) is 0. The van der Waals surface area contributed by atoms with Gasteiger partial charge in [0, 0.05) is 34.2 Å². The predicted molar refractivity (Wildman–Crippen MR) is 75.3 cm³/mol. The summed E-state index contributed by atoms with van der Waals surface area (Å²) in [6.07, 6.45) is 6.14. The minimum absolute atomic E-state index is 0.825. The van der Waals surface area contributed by atoms with Gasteiger partial charge in [0.05, 0.1) is 0 Å². The first kappa shape index (κ1) is 11.3. The first-order chi connectivity index (χ1) is 8.34. The molecule has 0 saturated heterocycles. The van der Waals surface area contributed by atoms with Gasteiger partial charge in [-0.1, -0.05) is 22.0 Å². The lowest BCUT2D eigenvalue weighted by molar-refractivity contribution is 0.588. The minimum Gasteiger partial charge on any atom is -0.347 e. The summed E-state index contributed by atoms with van der Waals surface area (Å²) in [6, 6.07) is 9.40. The molecule has 0 atom stereocenters. The van der Waals surface area contributed by atoms with Gasteiger partial charge in [-0.3, -0.25) is 0 Å². The monoisotopic (exact) mass is 292 g/mol. The second kappa shape index (κ2) is 4.83. The molecule has 2 nitrogen and oxygen atoms in total. The number of fused-ring (bicyclic) bond motifs is 1. The summed E-state index contributed by atoms with van der Waals surface area (Å²) in [6.45, 7) is 2.23. The van der Waals surface area contributed by atoms with Gasteiger partial charge in [-0.15, -0.1) is 0 Å². The first-order valence-electron chi connectivity index (χ1n) is 6.31. The van der Waals surface area contributed by atoms with E-state index in [-0.39, 0.29) is 0 Å². The maximum absolute atomic E-state index is 3.59. The van der Waals surface area contributed by atoms with Gasteiger partial charge >= 0.3 is 0 Å². The highest BCUT2D eigenvalue weighted by atomic mass is 79.9. The van der Waals surface area contributed by atoms with Crippen molar-refractivity contribution in [2.75, 3.05) is 6.54 Å². The van der Waals surface area contributed by atoms with E-state index in [4.69, 9.17) is 0 Å². The fourth-order valence-corrected chi connectivity index (χ4v) is 2.71. The van der Waals surface area contributed by atoms with Crippen LogP contribution in [0.3, 0.4) is 0 Å². The van der Waals surface area contributed by atoms with Gasteiger partial charge < -0.3 is 9.88 Å². The minimum atomic E-state index is 0.825. The summed E-state index contributed by atoms with van der Waals surface area (Å²) in [5, 5.41) is 4.86. The van der Waals surface area contributed by atoms with Crippen LogP contribution in [0.15, 0.2) is 34.9 Å². The third kappa shape index (κ3) is 2.55. The summed E-state index contributed by atoms with van der Waals surface area (Å²) in [5.41, 5.74) is 1.32. The zero-order chi connectivity index (χ0) is 11.7. The van der Waals surface area contributed by atoms with E-state index in [1.165, 1.54) is 34.6 Å². The van der Waals surface area contributed by atoms with E-state index in [2.05, 4.69) is 56.3 Å². The van der Waals surface area contributed by atoms with E-state index in [1.54, 1.807) is 0 Å². The van der Waals surface area contributed by atoms with E-state index in [1.807, 2.05) is 0 Å². The number of halogens is 1. The number of hydrogen-bond donors (Lipinski definition) is 1. The third-order valence-electron chi connectivity index (χ3n) is 3.35. The Morgan fingerprint density at radius 3 is 3.00 bits per heavy atom. The van der Waals surface area contributed by atoms with Crippen LogP contribution in [0.25, 0.3) is 10.9 Å². The molecule has 1 fully saturated rings. The van der Waals surface area contributed by atoms with Crippen LogP contribution in [0.4, 0.5) is 0 Å². The molecule has 3 rings (SSSR count). The van der Waals surface area contributed by atoms with Gasteiger partial charge in [0.2, 0.25) is 0 Å². The molecule has 90 valence electrons. The quantitative estimate of drug-likeness (QED) is 0.834. The zero-order valence-electron chi connectivity index (χ0n) is 9.82. The first-order valence-corrected chi connectivity index (χ1v) is 7.10. The molecule has 0 unspecified atom stereocenters. The van der Waals surface area contributed by atoms with Crippen LogP contribution in [0, 0.1) is 0 Å².